The van der Waals surface area contributed by atoms with Gasteiger partial charge < -0.3 is 20.3 Å². The summed E-state index contributed by atoms with van der Waals surface area (Å²) in [7, 11) is 0. The molecule has 2 aromatic rings. The minimum absolute atomic E-state index is 0.00649. The lowest BCUT2D eigenvalue weighted by atomic mass is 10.1. The summed E-state index contributed by atoms with van der Waals surface area (Å²) in [5.41, 5.74) is 1.66. The number of nitrogens with zero attached hydrogens (tertiary/aromatic N) is 2. The first-order valence-corrected chi connectivity index (χ1v) is 8.49. The van der Waals surface area contributed by atoms with Gasteiger partial charge in [-0.1, -0.05) is 6.07 Å². The Bertz CT molecular complexity index is 796. The number of aromatic nitrogens is 2. The summed E-state index contributed by atoms with van der Waals surface area (Å²) in [6.07, 6.45) is 4.99. The number of aromatic hydroxyl groups is 1. The number of aldehydes is 1. The van der Waals surface area contributed by atoms with Gasteiger partial charge in [-0.3, -0.25) is 4.79 Å². The number of nitrogens with one attached hydrogen (secondary N) is 1. The third-order valence-corrected chi connectivity index (χ3v) is 4.35. The van der Waals surface area contributed by atoms with Crippen LogP contribution in [-0.4, -0.2) is 38.9 Å². The fourth-order valence-corrected chi connectivity index (χ4v) is 3.00. The number of phenols is 1. The van der Waals surface area contributed by atoms with Gasteiger partial charge in [0.1, 0.15) is 12.0 Å². The molecule has 1 fully saturated rings. The number of carbonyl (C=O) groups is 2. The van der Waals surface area contributed by atoms with E-state index in [1.165, 1.54) is 12.1 Å². The Morgan fingerprint density at radius 1 is 1.35 bits per heavy atom. The topological polar surface area (TPSA) is 114 Å². The summed E-state index contributed by atoms with van der Waals surface area (Å²) in [4.78, 5) is 22.6. The molecule has 0 spiro atoms. The molecule has 0 aliphatic carbocycles. The van der Waals surface area contributed by atoms with Crippen molar-refractivity contribution in [3.63, 3.8) is 0 Å². The predicted octanol–water partition coefficient (Wildman–Crippen LogP) is 2.09. The van der Waals surface area contributed by atoms with Crippen LogP contribution in [0.15, 0.2) is 24.4 Å². The van der Waals surface area contributed by atoms with Crippen LogP contribution in [0.4, 0.5) is 0 Å². The Kier molecular flexibility index (Phi) is 5.65. The van der Waals surface area contributed by atoms with Crippen molar-refractivity contribution in [3.8, 4) is 5.75 Å². The van der Waals surface area contributed by atoms with Gasteiger partial charge in [-0.15, -0.1) is 0 Å². The largest absolute Gasteiger partial charge is 0.508 e. The lowest BCUT2D eigenvalue weighted by Gasteiger charge is -2.22. The van der Waals surface area contributed by atoms with Crippen molar-refractivity contribution in [1.82, 2.24) is 15.1 Å². The van der Waals surface area contributed by atoms with Gasteiger partial charge in [-0.05, 0) is 37.0 Å². The average molecular weight is 359 g/mol. The second-order valence-electron chi connectivity index (χ2n) is 6.21. The molecule has 8 heteroatoms. The number of carboxylic acid groups (broad SMARTS) is 1. The van der Waals surface area contributed by atoms with Crippen LogP contribution in [0.2, 0.25) is 0 Å². The number of hydrogen-bond donors (Lipinski definition) is 3. The molecule has 1 aromatic heterocycles. The minimum atomic E-state index is -1.09. The molecule has 138 valence electrons. The van der Waals surface area contributed by atoms with Gasteiger partial charge in [0.2, 0.25) is 0 Å². The molecule has 3 N–H and O–H groups in total. The van der Waals surface area contributed by atoms with Crippen LogP contribution in [0.3, 0.4) is 0 Å². The maximum atomic E-state index is 11.5. The molecule has 0 unspecified atom stereocenters. The SMILES string of the molecule is O=Cc1cc(O)ccc1CNCc1cn([C@@H]2CCCCO2)nc1C(=O)O. The molecule has 0 saturated carbocycles. The average Bonchev–Trinajstić information content (AvgIpc) is 3.08. The van der Waals surface area contributed by atoms with E-state index in [9.17, 15) is 19.8 Å². The summed E-state index contributed by atoms with van der Waals surface area (Å²) in [6.45, 7) is 1.29. The standard InChI is InChI=1S/C18H21N3O5/c22-11-13-7-15(23)5-4-12(13)8-19-9-14-10-21(20-17(14)18(24)25)16-3-1-2-6-26-16/h4-5,7,10-11,16,19,23H,1-3,6,8-9H2,(H,24,25)/t16-/m0/s1. The Balaban J connectivity index is 1.70. The van der Waals surface area contributed by atoms with Gasteiger partial charge in [0.05, 0.1) is 0 Å². The molecule has 26 heavy (non-hydrogen) atoms. The lowest BCUT2D eigenvalue weighted by Crippen LogP contribution is -2.19. The van der Waals surface area contributed by atoms with E-state index in [1.54, 1.807) is 16.9 Å². The van der Waals surface area contributed by atoms with Crippen LogP contribution in [0, 0.1) is 0 Å². The number of carbonyl (C=O) groups excluding carboxylic acids is 1. The molecular formula is C18H21N3O5. The minimum Gasteiger partial charge on any atom is -0.508 e. The zero-order valence-electron chi connectivity index (χ0n) is 14.2. The Labute approximate surface area is 150 Å². The highest BCUT2D eigenvalue weighted by atomic mass is 16.5. The first-order valence-electron chi connectivity index (χ1n) is 8.49. The number of hydrogen-bond acceptors (Lipinski definition) is 6. The molecule has 1 aromatic carbocycles. The zero-order chi connectivity index (χ0) is 18.5. The second kappa shape index (κ2) is 8.11. The van der Waals surface area contributed by atoms with Gasteiger partial charge in [0.15, 0.2) is 12.0 Å². The molecule has 1 saturated heterocycles. The van der Waals surface area contributed by atoms with E-state index in [4.69, 9.17) is 4.74 Å². The highest BCUT2D eigenvalue weighted by molar-refractivity contribution is 5.86. The molecule has 3 rings (SSSR count). The summed E-state index contributed by atoms with van der Waals surface area (Å²) < 4.78 is 7.23. The third kappa shape index (κ3) is 4.09. The van der Waals surface area contributed by atoms with Crippen molar-refractivity contribution in [2.45, 2.75) is 38.6 Å². The monoisotopic (exact) mass is 359 g/mol. The van der Waals surface area contributed by atoms with Crippen molar-refractivity contribution in [3.05, 3.63) is 46.8 Å². The zero-order valence-corrected chi connectivity index (χ0v) is 14.2. The number of phenolic OH excluding ortho intramolecular Hbond substituents is 1. The first kappa shape index (κ1) is 18.1. The Morgan fingerprint density at radius 3 is 2.85 bits per heavy atom. The van der Waals surface area contributed by atoms with Crippen molar-refractivity contribution < 1.29 is 24.5 Å². The highest BCUT2D eigenvalue weighted by Gasteiger charge is 2.22. The van der Waals surface area contributed by atoms with E-state index in [1.807, 2.05) is 0 Å². The third-order valence-electron chi connectivity index (χ3n) is 4.35. The van der Waals surface area contributed by atoms with Crippen LogP contribution in [0.1, 0.15) is 57.5 Å². The summed E-state index contributed by atoms with van der Waals surface area (Å²) in [6, 6.07) is 4.56. The normalized spacial score (nSPS) is 17.2. The van der Waals surface area contributed by atoms with Gasteiger partial charge in [0, 0.05) is 37.0 Å². The quantitative estimate of drug-likeness (QED) is 0.649. The van der Waals surface area contributed by atoms with Crippen LogP contribution >= 0.6 is 0 Å². The van der Waals surface area contributed by atoms with Crippen LogP contribution in [0.25, 0.3) is 0 Å². The summed E-state index contributed by atoms with van der Waals surface area (Å²) in [5.74, 6) is -1.06. The van der Waals surface area contributed by atoms with Gasteiger partial charge >= 0.3 is 5.97 Å². The van der Waals surface area contributed by atoms with Crippen molar-refractivity contribution in [1.29, 1.82) is 0 Å². The van der Waals surface area contributed by atoms with Crippen molar-refractivity contribution >= 4 is 12.3 Å². The fraction of sp³-hybridized carbons (Fsp3) is 0.389. The molecular weight excluding hydrogens is 338 g/mol. The maximum Gasteiger partial charge on any atom is 0.356 e. The number of carboxylic acids is 1. The number of aromatic carboxylic acids is 1. The van der Waals surface area contributed by atoms with E-state index in [0.29, 0.717) is 30.6 Å². The fourth-order valence-electron chi connectivity index (χ4n) is 3.00. The van der Waals surface area contributed by atoms with Gasteiger partial charge in [0.25, 0.3) is 0 Å². The molecule has 1 aliphatic heterocycles. The van der Waals surface area contributed by atoms with Crippen LogP contribution < -0.4 is 5.32 Å². The molecule has 0 bridgehead atoms. The summed E-state index contributed by atoms with van der Waals surface area (Å²) >= 11 is 0. The maximum absolute atomic E-state index is 11.5. The Morgan fingerprint density at radius 2 is 2.15 bits per heavy atom. The summed E-state index contributed by atoms with van der Waals surface area (Å²) in [5, 5.41) is 26.1. The predicted molar refractivity (Wildman–Crippen MR) is 92.1 cm³/mol. The van der Waals surface area contributed by atoms with Crippen LogP contribution in [-0.2, 0) is 17.8 Å². The van der Waals surface area contributed by atoms with Crippen molar-refractivity contribution in [2.75, 3.05) is 6.61 Å². The number of ether oxygens (including phenoxy) is 1. The molecule has 2 heterocycles. The molecule has 0 radical (unpaired) electrons. The first-order chi connectivity index (χ1) is 12.6. The van der Waals surface area contributed by atoms with Gasteiger partial charge in [-0.25, -0.2) is 9.48 Å². The molecule has 1 aliphatic rings. The van der Waals surface area contributed by atoms with Crippen molar-refractivity contribution in [2.24, 2.45) is 0 Å². The Hall–Kier alpha value is -2.71. The number of rotatable bonds is 7. The van der Waals surface area contributed by atoms with E-state index < -0.39 is 5.97 Å². The van der Waals surface area contributed by atoms with E-state index in [-0.39, 0.29) is 24.2 Å². The molecule has 0 amide bonds. The van der Waals surface area contributed by atoms with Crippen LogP contribution in [0.5, 0.6) is 5.75 Å². The molecule has 8 nitrogen and oxygen atoms in total. The second-order valence-corrected chi connectivity index (χ2v) is 6.21. The van der Waals surface area contributed by atoms with E-state index >= 15 is 0 Å². The smallest absolute Gasteiger partial charge is 0.356 e. The lowest BCUT2D eigenvalue weighted by molar-refractivity contribution is -0.0397. The highest BCUT2D eigenvalue weighted by Crippen LogP contribution is 2.23. The number of benzene rings is 1. The van der Waals surface area contributed by atoms with E-state index in [2.05, 4.69) is 10.4 Å². The van der Waals surface area contributed by atoms with E-state index in [0.717, 1.165) is 24.8 Å². The van der Waals surface area contributed by atoms with Gasteiger partial charge in [-0.2, -0.15) is 5.10 Å². The molecule has 1 atom stereocenters.